The Hall–Kier alpha value is -1.88. The Balaban J connectivity index is 1.77. The lowest BCUT2D eigenvalue weighted by Crippen LogP contribution is -1.93. The second kappa shape index (κ2) is 7.56. The number of nitrogens with zero attached hydrogens (tertiary/aromatic N) is 2. The first-order valence-corrected chi connectivity index (χ1v) is 9.35. The zero-order valence-electron chi connectivity index (χ0n) is 14.1. The molecule has 0 saturated heterocycles. The Labute approximate surface area is 161 Å². The molecular formula is C19H17Cl2N3S. The number of halogens is 2. The SMILES string of the molecule is Cc1cc(C)c(-c2csc(N/N=C\c3ccc(Cl)cc3Cl)n2)c(C)c1. The molecule has 1 heterocycles. The number of thiazole rings is 1. The van der Waals surface area contributed by atoms with E-state index in [2.05, 4.69) is 48.4 Å². The van der Waals surface area contributed by atoms with E-state index in [-0.39, 0.29) is 0 Å². The van der Waals surface area contributed by atoms with Crippen LogP contribution in [0.3, 0.4) is 0 Å². The first kappa shape index (κ1) is 17.9. The van der Waals surface area contributed by atoms with Crippen molar-refractivity contribution in [2.75, 3.05) is 5.43 Å². The summed E-state index contributed by atoms with van der Waals surface area (Å²) in [6, 6.07) is 9.64. The number of hydrogen-bond acceptors (Lipinski definition) is 4. The zero-order chi connectivity index (χ0) is 18.0. The summed E-state index contributed by atoms with van der Waals surface area (Å²) >= 11 is 13.5. The van der Waals surface area contributed by atoms with Crippen LogP contribution in [0.1, 0.15) is 22.3 Å². The molecule has 128 valence electrons. The molecule has 3 rings (SSSR count). The molecule has 1 aromatic heterocycles. The molecule has 0 fully saturated rings. The maximum absolute atomic E-state index is 6.13. The van der Waals surface area contributed by atoms with Crippen molar-refractivity contribution in [2.24, 2.45) is 5.10 Å². The fourth-order valence-corrected chi connectivity index (χ4v) is 3.89. The lowest BCUT2D eigenvalue weighted by Gasteiger charge is -2.08. The van der Waals surface area contributed by atoms with Crippen molar-refractivity contribution in [2.45, 2.75) is 20.8 Å². The van der Waals surface area contributed by atoms with Crippen LogP contribution in [0.25, 0.3) is 11.3 Å². The van der Waals surface area contributed by atoms with Gasteiger partial charge in [-0.2, -0.15) is 5.10 Å². The highest BCUT2D eigenvalue weighted by atomic mass is 35.5. The first-order valence-electron chi connectivity index (χ1n) is 7.72. The quantitative estimate of drug-likeness (QED) is 0.408. The van der Waals surface area contributed by atoms with E-state index >= 15 is 0 Å². The highest BCUT2D eigenvalue weighted by Crippen LogP contribution is 2.31. The average Bonchev–Trinajstić information content (AvgIpc) is 2.97. The molecule has 0 aliphatic rings. The molecule has 0 amide bonds. The van der Waals surface area contributed by atoms with Crippen LogP contribution in [-0.2, 0) is 0 Å². The van der Waals surface area contributed by atoms with Gasteiger partial charge in [-0.3, -0.25) is 5.43 Å². The van der Waals surface area contributed by atoms with Crippen molar-refractivity contribution in [3.63, 3.8) is 0 Å². The van der Waals surface area contributed by atoms with Crippen molar-refractivity contribution in [3.05, 3.63) is 68.0 Å². The molecule has 0 saturated carbocycles. The van der Waals surface area contributed by atoms with Crippen LogP contribution in [0.2, 0.25) is 10.0 Å². The molecule has 0 unspecified atom stereocenters. The van der Waals surface area contributed by atoms with E-state index in [4.69, 9.17) is 23.2 Å². The predicted octanol–water partition coefficient (Wildman–Crippen LogP) is 6.49. The predicted molar refractivity (Wildman–Crippen MR) is 109 cm³/mol. The number of hydrazone groups is 1. The number of hydrogen-bond donors (Lipinski definition) is 1. The zero-order valence-corrected chi connectivity index (χ0v) is 16.4. The molecule has 6 heteroatoms. The minimum atomic E-state index is 0.559. The number of aromatic nitrogens is 1. The topological polar surface area (TPSA) is 37.3 Å². The van der Waals surface area contributed by atoms with Gasteiger partial charge in [0.2, 0.25) is 5.13 Å². The summed E-state index contributed by atoms with van der Waals surface area (Å²) in [6.07, 6.45) is 1.65. The van der Waals surface area contributed by atoms with Crippen molar-refractivity contribution < 1.29 is 0 Å². The molecule has 0 bridgehead atoms. The lowest BCUT2D eigenvalue weighted by atomic mass is 9.98. The maximum Gasteiger partial charge on any atom is 0.203 e. The van der Waals surface area contributed by atoms with Crippen molar-refractivity contribution in [1.82, 2.24) is 4.98 Å². The molecule has 25 heavy (non-hydrogen) atoms. The molecule has 0 radical (unpaired) electrons. The van der Waals surface area contributed by atoms with Crippen LogP contribution in [0, 0.1) is 20.8 Å². The third-order valence-corrected chi connectivity index (χ3v) is 5.07. The van der Waals surface area contributed by atoms with Crippen LogP contribution in [0.15, 0.2) is 40.8 Å². The normalized spacial score (nSPS) is 11.2. The fourth-order valence-electron chi connectivity index (χ4n) is 2.79. The van der Waals surface area contributed by atoms with Gasteiger partial charge in [0.1, 0.15) is 0 Å². The molecular weight excluding hydrogens is 373 g/mol. The number of rotatable bonds is 4. The van der Waals surface area contributed by atoms with Gasteiger partial charge in [-0.05, 0) is 44.0 Å². The molecule has 0 aliphatic heterocycles. The van der Waals surface area contributed by atoms with E-state index in [1.54, 1.807) is 18.3 Å². The van der Waals surface area contributed by atoms with E-state index in [0.29, 0.717) is 10.0 Å². The molecule has 3 nitrogen and oxygen atoms in total. The van der Waals surface area contributed by atoms with Crippen molar-refractivity contribution in [1.29, 1.82) is 0 Å². The van der Waals surface area contributed by atoms with Crippen LogP contribution in [0.4, 0.5) is 5.13 Å². The number of aryl methyl sites for hydroxylation is 3. The smallest absolute Gasteiger partial charge is 0.203 e. The molecule has 0 spiro atoms. The van der Waals surface area contributed by atoms with Crippen LogP contribution in [-0.4, -0.2) is 11.2 Å². The number of nitrogens with one attached hydrogen (secondary N) is 1. The number of benzene rings is 2. The average molecular weight is 390 g/mol. The molecule has 0 aliphatic carbocycles. The van der Waals surface area contributed by atoms with Crippen LogP contribution >= 0.6 is 34.5 Å². The summed E-state index contributed by atoms with van der Waals surface area (Å²) in [6.45, 7) is 6.33. The van der Waals surface area contributed by atoms with Gasteiger partial charge < -0.3 is 0 Å². The van der Waals surface area contributed by atoms with Gasteiger partial charge in [0, 0.05) is 21.5 Å². The van der Waals surface area contributed by atoms with E-state index in [9.17, 15) is 0 Å². The standard InChI is InChI=1S/C19H17Cl2N3S/c1-11-6-12(2)18(13(3)7-11)17-10-25-19(23-17)24-22-9-14-4-5-15(20)8-16(14)21/h4-10H,1-3H3,(H,23,24)/b22-9-. The van der Waals surface area contributed by atoms with E-state index in [1.807, 2.05) is 11.4 Å². The molecule has 3 aromatic rings. The Kier molecular flexibility index (Phi) is 5.42. The largest absolute Gasteiger partial charge is 0.253 e. The van der Waals surface area contributed by atoms with E-state index < -0.39 is 0 Å². The summed E-state index contributed by atoms with van der Waals surface area (Å²) in [7, 11) is 0. The molecule has 1 N–H and O–H groups in total. The summed E-state index contributed by atoms with van der Waals surface area (Å²) in [4.78, 5) is 4.64. The Morgan fingerprint density at radius 3 is 2.48 bits per heavy atom. The van der Waals surface area contributed by atoms with Gasteiger partial charge in [-0.25, -0.2) is 4.98 Å². The highest BCUT2D eigenvalue weighted by molar-refractivity contribution is 7.14. The minimum Gasteiger partial charge on any atom is -0.253 e. The summed E-state index contributed by atoms with van der Waals surface area (Å²) in [5.41, 5.74) is 9.61. The second-order valence-corrected chi connectivity index (χ2v) is 7.55. The summed E-state index contributed by atoms with van der Waals surface area (Å²) in [5.74, 6) is 0. The lowest BCUT2D eigenvalue weighted by molar-refractivity contribution is 1.26. The first-order chi connectivity index (χ1) is 11.9. The van der Waals surface area contributed by atoms with Gasteiger partial charge in [-0.1, -0.05) is 47.0 Å². The van der Waals surface area contributed by atoms with Crippen molar-refractivity contribution >= 4 is 45.9 Å². The third-order valence-electron chi connectivity index (χ3n) is 3.76. The molecule has 0 atom stereocenters. The minimum absolute atomic E-state index is 0.559. The summed E-state index contributed by atoms with van der Waals surface area (Å²) in [5, 5.41) is 8.14. The van der Waals surface area contributed by atoms with Crippen molar-refractivity contribution in [3.8, 4) is 11.3 Å². The van der Waals surface area contributed by atoms with Gasteiger partial charge in [0.15, 0.2) is 0 Å². The van der Waals surface area contributed by atoms with Crippen LogP contribution < -0.4 is 5.43 Å². The Bertz CT molecular complexity index is 925. The highest BCUT2D eigenvalue weighted by Gasteiger charge is 2.10. The van der Waals surface area contributed by atoms with E-state index in [1.165, 1.54) is 33.6 Å². The van der Waals surface area contributed by atoms with E-state index in [0.717, 1.165) is 16.4 Å². The van der Waals surface area contributed by atoms with Gasteiger partial charge in [0.25, 0.3) is 0 Å². The molecule has 2 aromatic carbocycles. The Morgan fingerprint density at radius 2 is 1.80 bits per heavy atom. The number of anilines is 1. The van der Waals surface area contributed by atoms with Gasteiger partial charge in [0.05, 0.1) is 16.9 Å². The fraction of sp³-hybridized carbons (Fsp3) is 0.158. The monoisotopic (exact) mass is 389 g/mol. The van der Waals surface area contributed by atoms with Crippen LogP contribution in [0.5, 0.6) is 0 Å². The maximum atomic E-state index is 6.13. The Morgan fingerprint density at radius 1 is 1.08 bits per heavy atom. The second-order valence-electron chi connectivity index (χ2n) is 5.85. The van der Waals surface area contributed by atoms with Gasteiger partial charge in [-0.15, -0.1) is 11.3 Å². The van der Waals surface area contributed by atoms with Gasteiger partial charge >= 0.3 is 0 Å². The summed E-state index contributed by atoms with van der Waals surface area (Å²) < 4.78 is 0. The third kappa shape index (κ3) is 4.21.